The molecule has 0 aliphatic heterocycles. The maximum atomic E-state index is 5.76. The number of pyridine rings is 1. The maximum absolute atomic E-state index is 5.76. The maximum Gasteiger partial charge on any atom is 0.149 e. The summed E-state index contributed by atoms with van der Waals surface area (Å²) < 4.78 is 4.72. The van der Waals surface area contributed by atoms with E-state index in [2.05, 4.69) is 15.5 Å². The Balaban J connectivity index is 2.07. The number of nitrogen functional groups attached to an aromatic ring is 1. The van der Waals surface area contributed by atoms with Crippen LogP contribution < -0.4 is 11.1 Å². The van der Waals surface area contributed by atoms with Gasteiger partial charge in [-0.15, -0.1) is 0 Å². The van der Waals surface area contributed by atoms with Crippen LogP contribution in [-0.2, 0) is 6.54 Å². The van der Waals surface area contributed by atoms with Crippen LogP contribution in [0.15, 0.2) is 29.0 Å². The van der Waals surface area contributed by atoms with Gasteiger partial charge in [-0.25, -0.2) is 4.98 Å². The Labute approximate surface area is 87.3 Å². The van der Waals surface area contributed by atoms with E-state index in [0.717, 1.165) is 11.4 Å². The van der Waals surface area contributed by atoms with Crippen molar-refractivity contribution in [2.75, 3.05) is 11.1 Å². The molecule has 0 saturated carbocycles. The summed E-state index contributed by atoms with van der Waals surface area (Å²) >= 11 is 0. The number of nitrogens with zero attached hydrogens (tertiary/aromatic N) is 2. The van der Waals surface area contributed by atoms with Gasteiger partial charge < -0.3 is 15.6 Å². The molecule has 3 N–H and O–H groups in total. The first kappa shape index (κ1) is 9.51. The van der Waals surface area contributed by atoms with E-state index in [1.165, 1.54) is 6.26 Å². The number of aromatic nitrogens is 2. The van der Waals surface area contributed by atoms with Crippen molar-refractivity contribution in [1.82, 2.24) is 10.1 Å². The van der Waals surface area contributed by atoms with E-state index in [9.17, 15) is 0 Å². The second-order valence-corrected chi connectivity index (χ2v) is 3.23. The van der Waals surface area contributed by atoms with Crippen LogP contribution in [0, 0.1) is 6.92 Å². The molecule has 0 fully saturated rings. The van der Waals surface area contributed by atoms with Gasteiger partial charge in [0.15, 0.2) is 0 Å². The summed E-state index contributed by atoms with van der Waals surface area (Å²) in [6.45, 7) is 2.47. The summed E-state index contributed by atoms with van der Waals surface area (Å²) in [5, 5.41) is 6.87. The van der Waals surface area contributed by atoms with Gasteiger partial charge in [-0.2, -0.15) is 0 Å². The highest BCUT2D eigenvalue weighted by atomic mass is 16.5. The van der Waals surface area contributed by atoms with Crippen molar-refractivity contribution in [3.05, 3.63) is 35.9 Å². The van der Waals surface area contributed by atoms with Crippen LogP contribution in [0.25, 0.3) is 0 Å². The highest BCUT2D eigenvalue weighted by molar-refractivity contribution is 5.61. The van der Waals surface area contributed by atoms with E-state index in [-0.39, 0.29) is 0 Å². The molecule has 0 saturated heterocycles. The Morgan fingerprint density at radius 3 is 3.00 bits per heavy atom. The quantitative estimate of drug-likeness (QED) is 0.793. The van der Waals surface area contributed by atoms with E-state index in [0.29, 0.717) is 18.1 Å². The van der Waals surface area contributed by atoms with Crippen molar-refractivity contribution >= 4 is 11.5 Å². The molecule has 15 heavy (non-hydrogen) atoms. The lowest BCUT2D eigenvalue weighted by Gasteiger charge is -2.06. The molecule has 2 aromatic rings. The largest absolute Gasteiger partial charge is 0.396 e. The topological polar surface area (TPSA) is 77.0 Å². The van der Waals surface area contributed by atoms with Crippen molar-refractivity contribution in [2.45, 2.75) is 13.5 Å². The molecule has 0 aromatic carbocycles. The lowest BCUT2D eigenvalue weighted by Crippen LogP contribution is -2.05. The SMILES string of the molecule is Cc1ccc(N)c(NCc2ccon2)n1. The lowest BCUT2D eigenvalue weighted by molar-refractivity contribution is 0.412. The number of aryl methyl sites for hydroxylation is 1. The number of anilines is 2. The van der Waals surface area contributed by atoms with Crippen LogP contribution in [0.1, 0.15) is 11.4 Å². The van der Waals surface area contributed by atoms with Gasteiger partial charge in [0, 0.05) is 11.8 Å². The minimum atomic E-state index is 0.553. The molecule has 0 bridgehead atoms. The van der Waals surface area contributed by atoms with E-state index < -0.39 is 0 Å². The van der Waals surface area contributed by atoms with Crippen LogP contribution in [0.5, 0.6) is 0 Å². The summed E-state index contributed by atoms with van der Waals surface area (Å²) in [6.07, 6.45) is 1.53. The molecule has 0 atom stereocenters. The molecular formula is C10H12N4O. The third kappa shape index (κ3) is 2.25. The first-order chi connectivity index (χ1) is 7.25. The predicted octanol–water partition coefficient (Wildman–Crippen LogP) is 1.57. The fourth-order valence-corrected chi connectivity index (χ4v) is 1.21. The van der Waals surface area contributed by atoms with Crippen molar-refractivity contribution in [2.24, 2.45) is 0 Å². The molecule has 0 unspecified atom stereocenters. The Morgan fingerprint density at radius 2 is 2.27 bits per heavy atom. The molecule has 5 nitrogen and oxygen atoms in total. The van der Waals surface area contributed by atoms with Crippen LogP contribution in [0.3, 0.4) is 0 Å². The summed E-state index contributed by atoms with van der Waals surface area (Å²) in [5.41, 5.74) is 8.13. The first-order valence-corrected chi connectivity index (χ1v) is 4.62. The van der Waals surface area contributed by atoms with Gasteiger partial charge in [0.25, 0.3) is 0 Å². The molecule has 0 amide bonds. The Hall–Kier alpha value is -2.04. The minimum Gasteiger partial charge on any atom is -0.396 e. The first-order valence-electron chi connectivity index (χ1n) is 4.62. The van der Waals surface area contributed by atoms with E-state index in [4.69, 9.17) is 10.3 Å². The van der Waals surface area contributed by atoms with E-state index in [1.807, 2.05) is 19.1 Å². The van der Waals surface area contributed by atoms with Gasteiger partial charge in [0.2, 0.25) is 0 Å². The average molecular weight is 204 g/mol. The molecule has 2 heterocycles. The van der Waals surface area contributed by atoms with E-state index in [1.54, 1.807) is 6.07 Å². The van der Waals surface area contributed by atoms with Gasteiger partial charge in [-0.05, 0) is 19.1 Å². The van der Waals surface area contributed by atoms with Crippen LogP contribution in [0.4, 0.5) is 11.5 Å². The second kappa shape index (κ2) is 4.00. The summed E-state index contributed by atoms with van der Waals surface area (Å²) in [7, 11) is 0. The van der Waals surface area contributed by atoms with Gasteiger partial charge in [0.05, 0.1) is 12.2 Å². The number of hydrogen-bond donors (Lipinski definition) is 2. The molecule has 0 aliphatic rings. The van der Waals surface area contributed by atoms with E-state index >= 15 is 0 Å². The van der Waals surface area contributed by atoms with Crippen molar-refractivity contribution in [1.29, 1.82) is 0 Å². The zero-order valence-corrected chi connectivity index (χ0v) is 8.40. The number of rotatable bonds is 3. The molecular weight excluding hydrogens is 192 g/mol. The molecule has 0 spiro atoms. The number of nitrogens with one attached hydrogen (secondary N) is 1. The molecule has 5 heteroatoms. The minimum absolute atomic E-state index is 0.553. The summed E-state index contributed by atoms with van der Waals surface area (Å²) in [5.74, 6) is 0.679. The monoisotopic (exact) mass is 204 g/mol. The Kier molecular flexibility index (Phi) is 2.53. The normalized spacial score (nSPS) is 10.2. The zero-order valence-electron chi connectivity index (χ0n) is 8.40. The highest BCUT2D eigenvalue weighted by Gasteiger charge is 2.02. The molecule has 2 aromatic heterocycles. The fourth-order valence-electron chi connectivity index (χ4n) is 1.21. The predicted molar refractivity (Wildman–Crippen MR) is 57.2 cm³/mol. The van der Waals surface area contributed by atoms with Crippen LogP contribution in [-0.4, -0.2) is 10.1 Å². The molecule has 0 aliphatic carbocycles. The average Bonchev–Trinajstić information content (AvgIpc) is 2.72. The smallest absolute Gasteiger partial charge is 0.149 e. The second-order valence-electron chi connectivity index (χ2n) is 3.23. The van der Waals surface area contributed by atoms with Gasteiger partial charge in [-0.1, -0.05) is 5.16 Å². The zero-order chi connectivity index (χ0) is 10.7. The van der Waals surface area contributed by atoms with Crippen molar-refractivity contribution in [3.63, 3.8) is 0 Å². The summed E-state index contributed by atoms with van der Waals surface area (Å²) in [6, 6.07) is 5.49. The third-order valence-corrected chi connectivity index (χ3v) is 1.99. The fraction of sp³-hybridized carbons (Fsp3) is 0.200. The standard InChI is InChI=1S/C10H12N4O/c1-7-2-3-9(11)10(13-7)12-6-8-4-5-15-14-8/h2-5H,6,11H2,1H3,(H,12,13). The summed E-state index contributed by atoms with van der Waals surface area (Å²) in [4.78, 5) is 4.28. The Morgan fingerprint density at radius 1 is 1.40 bits per heavy atom. The van der Waals surface area contributed by atoms with Gasteiger partial charge in [0.1, 0.15) is 17.8 Å². The molecule has 2 rings (SSSR count). The lowest BCUT2D eigenvalue weighted by atomic mass is 10.3. The van der Waals surface area contributed by atoms with Crippen LogP contribution >= 0.6 is 0 Å². The van der Waals surface area contributed by atoms with Crippen molar-refractivity contribution < 1.29 is 4.52 Å². The highest BCUT2D eigenvalue weighted by Crippen LogP contribution is 2.15. The number of nitrogens with two attached hydrogens (primary N) is 1. The third-order valence-electron chi connectivity index (χ3n) is 1.99. The molecule has 0 radical (unpaired) electrons. The van der Waals surface area contributed by atoms with Gasteiger partial charge in [-0.3, -0.25) is 0 Å². The van der Waals surface area contributed by atoms with Crippen molar-refractivity contribution in [3.8, 4) is 0 Å². The number of hydrogen-bond acceptors (Lipinski definition) is 5. The Bertz CT molecular complexity index is 439. The molecule has 78 valence electrons. The van der Waals surface area contributed by atoms with Gasteiger partial charge >= 0.3 is 0 Å². The van der Waals surface area contributed by atoms with Crippen LogP contribution in [0.2, 0.25) is 0 Å².